The van der Waals surface area contributed by atoms with Crippen molar-refractivity contribution < 1.29 is 14.6 Å². The molecular weight excluding hydrogens is 472 g/mol. The van der Waals surface area contributed by atoms with Gasteiger partial charge in [0.2, 0.25) is 5.91 Å². The minimum Gasteiger partial charge on any atom is -0.487 e. The minimum absolute atomic E-state index is 0.0169. The number of likely N-dealkylation sites (tertiary alicyclic amines) is 1. The molecule has 1 saturated heterocycles. The van der Waals surface area contributed by atoms with E-state index in [2.05, 4.69) is 62.6 Å². The first-order valence-corrected chi connectivity index (χ1v) is 14.2. The van der Waals surface area contributed by atoms with Gasteiger partial charge in [0.1, 0.15) is 11.9 Å². The molecule has 0 radical (unpaired) electrons. The maximum Gasteiger partial charge on any atom is 0.246 e. The van der Waals surface area contributed by atoms with E-state index in [1.54, 1.807) is 6.08 Å². The van der Waals surface area contributed by atoms with Crippen LogP contribution in [0.2, 0.25) is 0 Å². The van der Waals surface area contributed by atoms with Crippen LogP contribution in [-0.4, -0.2) is 64.2 Å². The zero-order valence-corrected chi connectivity index (χ0v) is 22.9. The lowest BCUT2D eigenvalue weighted by Crippen LogP contribution is -2.78. The van der Waals surface area contributed by atoms with Crippen LogP contribution in [0.1, 0.15) is 55.4 Å². The second kappa shape index (κ2) is 9.39. The number of rotatable bonds is 7. The molecule has 4 aliphatic rings. The first kappa shape index (κ1) is 25.4. The zero-order valence-electron chi connectivity index (χ0n) is 22.9. The van der Waals surface area contributed by atoms with Crippen LogP contribution in [0.25, 0.3) is 6.08 Å². The maximum absolute atomic E-state index is 13.8. The van der Waals surface area contributed by atoms with Gasteiger partial charge >= 0.3 is 0 Å². The molecule has 2 aromatic rings. The summed E-state index contributed by atoms with van der Waals surface area (Å²) in [6.07, 6.45) is 8.36. The highest BCUT2D eigenvalue weighted by Crippen LogP contribution is 2.64. The topological polar surface area (TPSA) is 53.0 Å². The molecule has 1 saturated carbocycles. The Morgan fingerprint density at radius 2 is 2.08 bits per heavy atom. The molecule has 2 heterocycles. The summed E-state index contributed by atoms with van der Waals surface area (Å²) in [6, 6.07) is 14.5. The molecule has 38 heavy (non-hydrogen) atoms. The summed E-state index contributed by atoms with van der Waals surface area (Å²) in [4.78, 5) is 18.3. The largest absolute Gasteiger partial charge is 0.487 e. The van der Waals surface area contributed by atoms with Crippen molar-refractivity contribution in [3.05, 3.63) is 83.4 Å². The molecule has 1 N–H and O–H groups in total. The highest BCUT2D eigenvalue weighted by atomic mass is 16.5. The van der Waals surface area contributed by atoms with Crippen molar-refractivity contribution in [2.24, 2.45) is 5.92 Å². The summed E-state index contributed by atoms with van der Waals surface area (Å²) in [7, 11) is 0. The fourth-order valence-corrected chi connectivity index (χ4v) is 8.10. The van der Waals surface area contributed by atoms with E-state index in [1.165, 1.54) is 16.7 Å². The van der Waals surface area contributed by atoms with E-state index in [4.69, 9.17) is 4.74 Å². The molecule has 5 heteroatoms. The summed E-state index contributed by atoms with van der Waals surface area (Å²) in [5.74, 6) is 1.24. The van der Waals surface area contributed by atoms with Crippen LogP contribution in [-0.2, 0) is 16.6 Å². The van der Waals surface area contributed by atoms with Gasteiger partial charge in [0.25, 0.3) is 0 Å². The van der Waals surface area contributed by atoms with Crippen molar-refractivity contribution in [1.82, 2.24) is 9.80 Å². The van der Waals surface area contributed by atoms with E-state index in [0.29, 0.717) is 18.9 Å². The number of amides is 1. The van der Waals surface area contributed by atoms with Gasteiger partial charge in [0.05, 0.1) is 17.1 Å². The average Bonchev–Trinajstić information content (AvgIpc) is 3.23. The average molecular weight is 513 g/mol. The third-order valence-electron chi connectivity index (χ3n) is 9.51. The van der Waals surface area contributed by atoms with Crippen LogP contribution >= 0.6 is 0 Å². The Bertz CT molecular complexity index is 1280. The SMILES string of the molecule is C=CCN1CC[C@]23c4c5cccc4OC2C(N(CC(C)C)C(=O)/C=C/c2cccc(C)c2)CC[C@@]3(O)[C@H]1C5. The van der Waals surface area contributed by atoms with Crippen LogP contribution in [0, 0.1) is 12.8 Å². The smallest absolute Gasteiger partial charge is 0.246 e. The van der Waals surface area contributed by atoms with Crippen LogP contribution in [0.4, 0.5) is 0 Å². The molecule has 2 unspecified atom stereocenters. The third-order valence-corrected chi connectivity index (χ3v) is 9.51. The van der Waals surface area contributed by atoms with Gasteiger partial charge in [-0.3, -0.25) is 9.69 Å². The maximum atomic E-state index is 13.8. The molecule has 2 bridgehead atoms. The van der Waals surface area contributed by atoms with Gasteiger partial charge < -0.3 is 14.7 Å². The van der Waals surface area contributed by atoms with E-state index in [9.17, 15) is 9.90 Å². The highest BCUT2D eigenvalue weighted by Gasteiger charge is 2.73. The molecule has 2 fully saturated rings. The summed E-state index contributed by atoms with van der Waals surface area (Å²) in [5.41, 5.74) is 3.30. The van der Waals surface area contributed by atoms with E-state index in [-0.39, 0.29) is 24.1 Å². The lowest BCUT2D eigenvalue weighted by atomic mass is 9.48. The first-order chi connectivity index (χ1) is 18.3. The third kappa shape index (κ3) is 3.70. The quantitative estimate of drug-likeness (QED) is 0.424. The molecule has 5 nitrogen and oxygen atoms in total. The molecule has 200 valence electrons. The van der Waals surface area contributed by atoms with Crippen LogP contribution in [0.15, 0.2) is 61.2 Å². The molecule has 2 aliphatic heterocycles. The van der Waals surface area contributed by atoms with Crippen molar-refractivity contribution >= 4 is 12.0 Å². The summed E-state index contributed by atoms with van der Waals surface area (Å²) >= 11 is 0. The molecule has 5 atom stereocenters. The minimum atomic E-state index is -0.890. The van der Waals surface area contributed by atoms with E-state index < -0.39 is 11.0 Å². The predicted molar refractivity (Wildman–Crippen MR) is 151 cm³/mol. The Morgan fingerprint density at radius 3 is 2.84 bits per heavy atom. The van der Waals surface area contributed by atoms with Crippen molar-refractivity contribution in [3.63, 3.8) is 0 Å². The van der Waals surface area contributed by atoms with E-state index in [1.807, 2.05) is 29.2 Å². The number of hydrogen-bond donors (Lipinski definition) is 1. The Labute approximate surface area is 226 Å². The number of carbonyl (C=O) groups is 1. The van der Waals surface area contributed by atoms with Crippen molar-refractivity contribution in [2.45, 2.75) is 75.7 Å². The second-order valence-corrected chi connectivity index (χ2v) is 12.2. The number of benzene rings is 2. The number of nitrogens with zero attached hydrogens (tertiary/aromatic N) is 2. The van der Waals surface area contributed by atoms with E-state index in [0.717, 1.165) is 43.7 Å². The van der Waals surface area contributed by atoms with Gasteiger partial charge in [-0.25, -0.2) is 0 Å². The van der Waals surface area contributed by atoms with Crippen molar-refractivity contribution in [1.29, 1.82) is 0 Å². The molecule has 6 rings (SSSR count). The number of ether oxygens (including phenoxy) is 1. The van der Waals surface area contributed by atoms with Crippen molar-refractivity contribution in [2.75, 3.05) is 19.6 Å². The van der Waals surface area contributed by atoms with Crippen LogP contribution < -0.4 is 4.74 Å². The lowest BCUT2D eigenvalue weighted by Gasteiger charge is -2.64. The fraction of sp³-hybridized carbons (Fsp3) is 0.485. The second-order valence-electron chi connectivity index (χ2n) is 12.2. The standard InChI is InChI=1S/C33H40N2O3/c1-5-17-34-18-16-32-30-25-10-7-11-27(30)38-31(32)26(14-15-33(32,37)28(34)20-25)35(21-22(2)3)29(36)13-12-24-9-6-8-23(4)19-24/h5-13,19,22,26,28,31,37H,1,14-18,20-21H2,2-4H3/b13-12+/t26?,28-,31?,32+,33-/m1/s1. The number of aliphatic hydroxyl groups is 1. The number of piperidine rings is 1. The summed E-state index contributed by atoms with van der Waals surface area (Å²) in [6.45, 7) is 12.7. The molecule has 1 spiro atoms. The van der Waals surface area contributed by atoms with Crippen molar-refractivity contribution in [3.8, 4) is 5.75 Å². The van der Waals surface area contributed by atoms with Gasteiger partial charge in [-0.05, 0) is 68.3 Å². The zero-order chi connectivity index (χ0) is 26.7. The first-order valence-electron chi connectivity index (χ1n) is 14.2. The molecular formula is C33H40N2O3. The van der Waals surface area contributed by atoms with Gasteiger partial charge in [-0.1, -0.05) is 61.9 Å². The molecule has 2 aromatic carbocycles. The van der Waals surface area contributed by atoms with E-state index >= 15 is 0 Å². The van der Waals surface area contributed by atoms with Gasteiger partial charge in [-0.15, -0.1) is 6.58 Å². The Hall–Kier alpha value is -2.89. The summed E-state index contributed by atoms with van der Waals surface area (Å²) in [5, 5.41) is 12.6. The number of hydrogen-bond acceptors (Lipinski definition) is 4. The summed E-state index contributed by atoms with van der Waals surface area (Å²) < 4.78 is 6.83. The Kier molecular flexibility index (Phi) is 6.27. The fourth-order valence-electron chi connectivity index (χ4n) is 8.10. The Balaban J connectivity index is 1.40. The van der Waals surface area contributed by atoms with Gasteiger partial charge in [0.15, 0.2) is 0 Å². The molecule has 1 amide bonds. The molecule has 0 aromatic heterocycles. The normalized spacial score (nSPS) is 31.2. The molecule has 2 aliphatic carbocycles. The van der Waals surface area contributed by atoms with Gasteiger partial charge in [-0.2, -0.15) is 0 Å². The monoisotopic (exact) mass is 512 g/mol. The number of aryl methyl sites for hydroxylation is 1. The Morgan fingerprint density at radius 1 is 1.26 bits per heavy atom. The van der Waals surface area contributed by atoms with Crippen LogP contribution in [0.5, 0.6) is 5.75 Å². The predicted octanol–water partition coefficient (Wildman–Crippen LogP) is 4.90. The number of carbonyl (C=O) groups excluding carboxylic acids is 1. The van der Waals surface area contributed by atoms with Crippen LogP contribution in [0.3, 0.4) is 0 Å². The lowest BCUT2D eigenvalue weighted by molar-refractivity contribution is -0.199. The highest BCUT2D eigenvalue weighted by molar-refractivity contribution is 5.92. The van der Waals surface area contributed by atoms with Gasteiger partial charge in [0, 0.05) is 30.8 Å².